The first-order valence-electron chi connectivity index (χ1n) is 8.99. The summed E-state index contributed by atoms with van der Waals surface area (Å²) in [5, 5.41) is 40.0. The summed E-state index contributed by atoms with van der Waals surface area (Å²) in [6, 6.07) is 12.6. The van der Waals surface area contributed by atoms with E-state index in [1.54, 1.807) is 24.3 Å². The monoisotopic (exact) mass is 390 g/mol. The van der Waals surface area contributed by atoms with E-state index in [0.717, 1.165) is 0 Å². The van der Waals surface area contributed by atoms with Gasteiger partial charge in [-0.25, -0.2) is 0 Å². The van der Waals surface area contributed by atoms with Crippen LogP contribution in [0, 0.1) is 0 Å². The standard InChI is InChI=1S/C20H22O8/c21-13-5-1-11(2-6-13)19-25-9-15(23)18-17(24)16(10-26-19)27-20(28-18)12-3-7-14(22)8-4-12/h1-8,15-24H,9-10H2/t15-,16+,17+,18+,19?,20?/m1/s1. The minimum atomic E-state index is -1.11. The van der Waals surface area contributed by atoms with Crippen LogP contribution in [0.1, 0.15) is 23.7 Å². The molecule has 4 rings (SSSR count). The van der Waals surface area contributed by atoms with Gasteiger partial charge in [0.2, 0.25) is 0 Å². The minimum Gasteiger partial charge on any atom is -0.508 e. The van der Waals surface area contributed by atoms with Crippen LogP contribution in [0.2, 0.25) is 0 Å². The lowest BCUT2D eigenvalue weighted by atomic mass is 10.0. The number of hydrogen-bond donors (Lipinski definition) is 4. The largest absolute Gasteiger partial charge is 0.508 e. The summed E-state index contributed by atoms with van der Waals surface area (Å²) in [5.41, 5.74) is 1.30. The molecule has 2 heterocycles. The van der Waals surface area contributed by atoms with Gasteiger partial charge < -0.3 is 39.4 Å². The third kappa shape index (κ3) is 3.97. The fraction of sp³-hybridized carbons (Fsp3) is 0.400. The van der Waals surface area contributed by atoms with Crippen LogP contribution in [0.5, 0.6) is 11.5 Å². The van der Waals surface area contributed by atoms with E-state index in [1.165, 1.54) is 24.3 Å². The Kier molecular flexibility index (Phi) is 5.49. The molecule has 150 valence electrons. The predicted molar refractivity (Wildman–Crippen MR) is 95.4 cm³/mol. The second-order valence-electron chi connectivity index (χ2n) is 6.85. The Morgan fingerprint density at radius 3 is 1.82 bits per heavy atom. The molecule has 8 heteroatoms. The van der Waals surface area contributed by atoms with E-state index in [4.69, 9.17) is 18.9 Å². The number of fused-ring (bicyclic) bond motifs is 2. The van der Waals surface area contributed by atoms with Crippen LogP contribution < -0.4 is 0 Å². The summed E-state index contributed by atoms with van der Waals surface area (Å²) in [7, 11) is 0. The molecule has 0 aromatic heterocycles. The molecule has 2 saturated heterocycles. The summed E-state index contributed by atoms with van der Waals surface area (Å²) >= 11 is 0. The molecule has 28 heavy (non-hydrogen) atoms. The molecule has 0 radical (unpaired) electrons. The molecule has 2 unspecified atom stereocenters. The van der Waals surface area contributed by atoms with E-state index in [-0.39, 0.29) is 24.7 Å². The normalized spacial score (nSPS) is 33.5. The molecular formula is C20H22O8. The predicted octanol–water partition coefficient (Wildman–Crippen LogP) is 1.35. The van der Waals surface area contributed by atoms with Crippen LogP contribution >= 0.6 is 0 Å². The zero-order chi connectivity index (χ0) is 19.7. The second-order valence-corrected chi connectivity index (χ2v) is 6.85. The van der Waals surface area contributed by atoms with Gasteiger partial charge in [0.15, 0.2) is 12.6 Å². The topological polar surface area (TPSA) is 118 Å². The van der Waals surface area contributed by atoms with E-state index in [0.29, 0.717) is 11.1 Å². The third-order valence-electron chi connectivity index (χ3n) is 4.84. The van der Waals surface area contributed by atoms with E-state index >= 15 is 0 Å². The molecule has 0 amide bonds. The van der Waals surface area contributed by atoms with Gasteiger partial charge in [0.25, 0.3) is 0 Å². The van der Waals surface area contributed by atoms with Crippen molar-refractivity contribution in [1.82, 2.24) is 0 Å². The molecule has 0 spiro atoms. The van der Waals surface area contributed by atoms with E-state index in [9.17, 15) is 20.4 Å². The quantitative estimate of drug-likeness (QED) is 0.607. The van der Waals surface area contributed by atoms with Crippen LogP contribution in [0.3, 0.4) is 0 Å². The number of phenolic OH excluding ortho intramolecular Hbond substituents is 2. The van der Waals surface area contributed by atoms with Crippen LogP contribution in [-0.2, 0) is 18.9 Å². The first-order chi connectivity index (χ1) is 13.5. The van der Waals surface area contributed by atoms with Gasteiger partial charge >= 0.3 is 0 Å². The van der Waals surface area contributed by atoms with E-state index < -0.39 is 37.0 Å². The van der Waals surface area contributed by atoms with Crippen LogP contribution in [0.4, 0.5) is 0 Å². The smallest absolute Gasteiger partial charge is 0.184 e. The van der Waals surface area contributed by atoms with Gasteiger partial charge in [0.05, 0.1) is 13.2 Å². The van der Waals surface area contributed by atoms with Crippen molar-refractivity contribution in [2.75, 3.05) is 13.2 Å². The summed E-state index contributed by atoms with van der Waals surface area (Å²) in [6.07, 6.45) is -5.53. The molecule has 4 N–H and O–H groups in total. The number of ether oxygens (including phenoxy) is 4. The zero-order valence-corrected chi connectivity index (χ0v) is 14.9. The Bertz CT molecular complexity index is 778. The van der Waals surface area contributed by atoms with Crippen LogP contribution in [-0.4, -0.2) is 58.1 Å². The minimum absolute atomic E-state index is 0.00781. The van der Waals surface area contributed by atoms with Crippen molar-refractivity contribution in [2.24, 2.45) is 0 Å². The Hall–Kier alpha value is -2.20. The maximum Gasteiger partial charge on any atom is 0.184 e. The van der Waals surface area contributed by atoms with Gasteiger partial charge in [0, 0.05) is 11.1 Å². The molecule has 0 aliphatic carbocycles. The Morgan fingerprint density at radius 1 is 0.679 bits per heavy atom. The first kappa shape index (κ1) is 19.1. The van der Waals surface area contributed by atoms with Gasteiger partial charge in [-0.3, -0.25) is 0 Å². The number of aromatic hydroxyl groups is 2. The lowest BCUT2D eigenvalue weighted by Gasteiger charge is -2.40. The first-order valence-corrected chi connectivity index (χ1v) is 8.99. The fourth-order valence-corrected chi connectivity index (χ4v) is 3.29. The van der Waals surface area contributed by atoms with Crippen molar-refractivity contribution >= 4 is 0 Å². The Morgan fingerprint density at radius 2 is 1.21 bits per heavy atom. The maximum absolute atomic E-state index is 10.6. The number of benzene rings is 2. The van der Waals surface area contributed by atoms with Crippen molar-refractivity contribution in [1.29, 1.82) is 0 Å². The maximum atomic E-state index is 10.6. The van der Waals surface area contributed by atoms with Crippen molar-refractivity contribution < 1.29 is 39.4 Å². The number of aliphatic hydroxyl groups excluding tert-OH is 2. The molecule has 2 aromatic carbocycles. The third-order valence-corrected chi connectivity index (χ3v) is 4.84. The number of rotatable bonds is 2. The second kappa shape index (κ2) is 8.04. The molecule has 2 aliphatic rings. The SMILES string of the molecule is Oc1ccc(C2OC[C@@H](O)[C@@H]3OC(c4ccc(O)cc4)O[C@@H](CO2)[C@@H]3O)cc1. The highest BCUT2D eigenvalue weighted by Crippen LogP contribution is 2.35. The average Bonchev–Trinajstić information content (AvgIpc) is 2.72. The van der Waals surface area contributed by atoms with Gasteiger partial charge in [-0.05, 0) is 24.3 Å². The van der Waals surface area contributed by atoms with Gasteiger partial charge in [-0.1, -0.05) is 24.3 Å². The number of hydrogen-bond acceptors (Lipinski definition) is 8. The highest BCUT2D eigenvalue weighted by Gasteiger charge is 2.44. The van der Waals surface area contributed by atoms with Gasteiger partial charge in [0.1, 0.15) is 35.9 Å². The van der Waals surface area contributed by atoms with Crippen LogP contribution in [0.15, 0.2) is 48.5 Å². The van der Waals surface area contributed by atoms with E-state index in [2.05, 4.69) is 0 Å². The molecule has 2 aliphatic heterocycles. The van der Waals surface area contributed by atoms with Crippen LogP contribution in [0.25, 0.3) is 0 Å². The summed E-state index contributed by atoms with van der Waals surface area (Å²) in [4.78, 5) is 0. The van der Waals surface area contributed by atoms with Crippen molar-refractivity contribution in [2.45, 2.75) is 37.0 Å². The average molecular weight is 390 g/mol. The molecular weight excluding hydrogens is 368 g/mol. The molecule has 2 aromatic rings. The Labute approximate surface area is 161 Å². The van der Waals surface area contributed by atoms with Gasteiger partial charge in [-0.15, -0.1) is 0 Å². The summed E-state index contributed by atoms with van der Waals surface area (Å²) in [5.74, 6) is 0.228. The highest BCUT2D eigenvalue weighted by atomic mass is 16.7. The zero-order valence-electron chi connectivity index (χ0n) is 14.9. The lowest BCUT2D eigenvalue weighted by molar-refractivity contribution is -0.308. The number of phenols is 2. The summed E-state index contributed by atoms with van der Waals surface area (Å²) < 4.78 is 23.1. The molecule has 0 saturated carbocycles. The fourth-order valence-electron chi connectivity index (χ4n) is 3.29. The van der Waals surface area contributed by atoms with E-state index in [1.807, 2.05) is 0 Å². The molecule has 2 fully saturated rings. The lowest BCUT2D eigenvalue weighted by Crippen LogP contribution is -2.54. The van der Waals surface area contributed by atoms with Crippen molar-refractivity contribution in [3.05, 3.63) is 59.7 Å². The Balaban J connectivity index is 1.55. The van der Waals surface area contributed by atoms with Crippen molar-refractivity contribution in [3.63, 3.8) is 0 Å². The molecule has 8 nitrogen and oxygen atoms in total. The van der Waals surface area contributed by atoms with Crippen molar-refractivity contribution in [3.8, 4) is 11.5 Å². The highest BCUT2D eigenvalue weighted by molar-refractivity contribution is 5.27. The summed E-state index contributed by atoms with van der Waals surface area (Å²) in [6.45, 7) is -0.115. The van der Waals surface area contributed by atoms with Gasteiger partial charge in [-0.2, -0.15) is 0 Å². The number of aliphatic hydroxyl groups is 2. The molecule has 2 bridgehead atoms. The molecule has 6 atom stereocenters.